The normalized spacial score (nSPS) is 12.2. The van der Waals surface area contributed by atoms with Gasteiger partial charge in [0, 0.05) is 13.6 Å². The van der Waals surface area contributed by atoms with Crippen LogP contribution < -0.4 is 10.6 Å². The van der Waals surface area contributed by atoms with Crippen molar-refractivity contribution in [2.45, 2.75) is 25.9 Å². The van der Waals surface area contributed by atoms with Crippen molar-refractivity contribution in [2.24, 2.45) is 0 Å². The molecule has 0 amide bonds. The first-order valence-corrected chi connectivity index (χ1v) is 5.33. The van der Waals surface area contributed by atoms with Crippen LogP contribution in [0.5, 0.6) is 0 Å². The van der Waals surface area contributed by atoms with Crippen LogP contribution in [0.2, 0.25) is 0 Å². The fraction of sp³-hybridized carbons (Fsp3) is 0.545. The molecule has 84 valence electrons. The minimum absolute atomic E-state index is 0.296. The van der Waals surface area contributed by atoms with Gasteiger partial charge >= 0.3 is 0 Å². The van der Waals surface area contributed by atoms with Crippen molar-refractivity contribution in [3.05, 3.63) is 18.2 Å². The number of pyridine rings is 1. The van der Waals surface area contributed by atoms with Gasteiger partial charge in [0.05, 0.1) is 6.10 Å². The van der Waals surface area contributed by atoms with E-state index in [1.54, 1.807) is 0 Å². The smallest absolute Gasteiger partial charge is 0.128 e. The minimum atomic E-state index is -0.296. The van der Waals surface area contributed by atoms with Gasteiger partial charge in [0.2, 0.25) is 0 Å². The predicted molar refractivity (Wildman–Crippen MR) is 63.2 cm³/mol. The van der Waals surface area contributed by atoms with E-state index in [1.165, 1.54) is 0 Å². The molecule has 1 aromatic heterocycles. The van der Waals surface area contributed by atoms with Gasteiger partial charge in [0.25, 0.3) is 0 Å². The Balaban J connectivity index is 2.43. The van der Waals surface area contributed by atoms with Crippen molar-refractivity contribution in [1.82, 2.24) is 4.98 Å². The van der Waals surface area contributed by atoms with E-state index in [9.17, 15) is 5.11 Å². The SMILES string of the molecule is CCCC(O)CNc1cccc(NC)n1. The van der Waals surface area contributed by atoms with E-state index in [4.69, 9.17) is 0 Å². The Kier molecular flexibility index (Phi) is 4.90. The van der Waals surface area contributed by atoms with Crippen molar-refractivity contribution in [3.8, 4) is 0 Å². The van der Waals surface area contributed by atoms with Crippen molar-refractivity contribution in [1.29, 1.82) is 0 Å². The molecule has 0 bridgehead atoms. The first-order valence-electron chi connectivity index (χ1n) is 5.33. The van der Waals surface area contributed by atoms with E-state index in [0.29, 0.717) is 6.54 Å². The number of rotatable bonds is 6. The first-order chi connectivity index (χ1) is 7.26. The van der Waals surface area contributed by atoms with Crippen LogP contribution in [-0.4, -0.2) is 29.8 Å². The van der Waals surface area contributed by atoms with E-state index in [1.807, 2.05) is 25.2 Å². The second kappa shape index (κ2) is 6.24. The van der Waals surface area contributed by atoms with Gasteiger partial charge in [-0.15, -0.1) is 0 Å². The minimum Gasteiger partial charge on any atom is -0.391 e. The largest absolute Gasteiger partial charge is 0.391 e. The highest BCUT2D eigenvalue weighted by Crippen LogP contribution is 2.08. The number of nitrogens with zero attached hydrogens (tertiary/aromatic N) is 1. The van der Waals surface area contributed by atoms with Crippen LogP contribution in [0.3, 0.4) is 0 Å². The number of aliphatic hydroxyl groups is 1. The molecule has 0 spiro atoms. The van der Waals surface area contributed by atoms with E-state index >= 15 is 0 Å². The molecule has 0 aromatic carbocycles. The Hall–Kier alpha value is -1.29. The number of nitrogens with one attached hydrogen (secondary N) is 2. The summed E-state index contributed by atoms with van der Waals surface area (Å²) in [5.41, 5.74) is 0. The number of anilines is 2. The summed E-state index contributed by atoms with van der Waals surface area (Å²) in [6.45, 7) is 2.61. The zero-order chi connectivity index (χ0) is 11.1. The van der Waals surface area contributed by atoms with Crippen LogP contribution >= 0.6 is 0 Å². The van der Waals surface area contributed by atoms with Gasteiger partial charge in [0.1, 0.15) is 11.6 Å². The number of hydrogen-bond donors (Lipinski definition) is 3. The summed E-state index contributed by atoms with van der Waals surface area (Å²) < 4.78 is 0. The van der Waals surface area contributed by atoms with E-state index < -0.39 is 0 Å². The van der Waals surface area contributed by atoms with Crippen molar-refractivity contribution < 1.29 is 5.11 Å². The summed E-state index contributed by atoms with van der Waals surface area (Å²) in [4.78, 5) is 4.29. The maximum atomic E-state index is 9.53. The molecular formula is C11H19N3O. The summed E-state index contributed by atoms with van der Waals surface area (Å²) in [5.74, 6) is 1.61. The molecular weight excluding hydrogens is 190 g/mol. The zero-order valence-corrected chi connectivity index (χ0v) is 9.33. The van der Waals surface area contributed by atoms with Gasteiger partial charge in [-0.3, -0.25) is 0 Å². The quantitative estimate of drug-likeness (QED) is 0.667. The van der Waals surface area contributed by atoms with Crippen LogP contribution in [0, 0.1) is 0 Å². The Morgan fingerprint density at radius 2 is 2.13 bits per heavy atom. The molecule has 1 atom stereocenters. The molecule has 0 aliphatic heterocycles. The maximum absolute atomic E-state index is 9.53. The van der Waals surface area contributed by atoms with Crippen LogP contribution in [-0.2, 0) is 0 Å². The molecule has 4 nitrogen and oxygen atoms in total. The highest BCUT2D eigenvalue weighted by atomic mass is 16.3. The Labute approximate surface area is 90.7 Å². The van der Waals surface area contributed by atoms with Crippen molar-refractivity contribution >= 4 is 11.6 Å². The summed E-state index contributed by atoms with van der Waals surface area (Å²) in [6, 6.07) is 5.71. The highest BCUT2D eigenvalue weighted by Gasteiger charge is 2.02. The zero-order valence-electron chi connectivity index (χ0n) is 9.33. The maximum Gasteiger partial charge on any atom is 0.128 e. The third-order valence-corrected chi connectivity index (χ3v) is 2.15. The molecule has 0 saturated heterocycles. The van der Waals surface area contributed by atoms with Crippen molar-refractivity contribution in [3.63, 3.8) is 0 Å². The topological polar surface area (TPSA) is 57.2 Å². The lowest BCUT2D eigenvalue weighted by atomic mass is 10.2. The molecule has 0 fully saturated rings. The van der Waals surface area contributed by atoms with E-state index in [0.717, 1.165) is 24.5 Å². The second-order valence-electron chi connectivity index (χ2n) is 3.48. The molecule has 0 aliphatic rings. The molecule has 4 heteroatoms. The Bertz CT molecular complexity index is 291. The lowest BCUT2D eigenvalue weighted by Gasteiger charge is -2.11. The molecule has 0 radical (unpaired) electrons. The fourth-order valence-corrected chi connectivity index (χ4v) is 1.33. The number of aromatic nitrogens is 1. The van der Waals surface area contributed by atoms with Gasteiger partial charge in [-0.1, -0.05) is 19.4 Å². The first kappa shape index (κ1) is 11.8. The summed E-state index contributed by atoms with van der Waals surface area (Å²) in [5, 5.41) is 15.6. The standard InChI is InChI=1S/C11H19N3O/c1-3-5-9(15)8-13-11-7-4-6-10(12-2)14-11/h4,6-7,9,15H,3,5,8H2,1-2H3,(H2,12,13,14). The van der Waals surface area contributed by atoms with Gasteiger partial charge in [0.15, 0.2) is 0 Å². The lowest BCUT2D eigenvalue weighted by molar-refractivity contribution is 0.176. The third-order valence-electron chi connectivity index (χ3n) is 2.15. The molecule has 0 saturated carbocycles. The molecule has 1 rings (SSSR count). The average molecular weight is 209 g/mol. The van der Waals surface area contributed by atoms with Crippen molar-refractivity contribution in [2.75, 3.05) is 24.2 Å². The summed E-state index contributed by atoms with van der Waals surface area (Å²) in [7, 11) is 1.83. The fourth-order valence-electron chi connectivity index (χ4n) is 1.33. The molecule has 1 unspecified atom stereocenters. The van der Waals surface area contributed by atoms with Crippen LogP contribution in [0.15, 0.2) is 18.2 Å². The van der Waals surface area contributed by atoms with Gasteiger partial charge < -0.3 is 15.7 Å². The molecule has 0 aliphatic carbocycles. The monoisotopic (exact) mass is 209 g/mol. The van der Waals surface area contributed by atoms with Crippen LogP contribution in [0.1, 0.15) is 19.8 Å². The summed E-state index contributed by atoms with van der Waals surface area (Å²) in [6.07, 6.45) is 1.51. The van der Waals surface area contributed by atoms with Gasteiger partial charge in [-0.05, 0) is 18.6 Å². The molecule has 1 aromatic rings. The lowest BCUT2D eigenvalue weighted by Crippen LogP contribution is -2.19. The second-order valence-corrected chi connectivity index (χ2v) is 3.48. The Morgan fingerprint density at radius 3 is 2.80 bits per heavy atom. The molecule has 15 heavy (non-hydrogen) atoms. The van der Waals surface area contributed by atoms with E-state index in [2.05, 4.69) is 22.5 Å². The molecule has 3 N–H and O–H groups in total. The number of aliphatic hydroxyl groups excluding tert-OH is 1. The third kappa shape index (κ3) is 4.16. The van der Waals surface area contributed by atoms with Crippen LogP contribution in [0.4, 0.5) is 11.6 Å². The Morgan fingerprint density at radius 1 is 1.40 bits per heavy atom. The molecule has 1 heterocycles. The van der Waals surface area contributed by atoms with Crippen LogP contribution in [0.25, 0.3) is 0 Å². The summed E-state index contributed by atoms with van der Waals surface area (Å²) >= 11 is 0. The van der Waals surface area contributed by atoms with E-state index in [-0.39, 0.29) is 6.10 Å². The number of hydrogen-bond acceptors (Lipinski definition) is 4. The highest BCUT2D eigenvalue weighted by molar-refractivity contribution is 5.44. The average Bonchev–Trinajstić information content (AvgIpc) is 2.27. The van der Waals surface area contributed by atoms with Gasteiger partial charge in [-0.2, -0.15) is 0 Å². The predicted octanol–water partition coefficient (Wildman–Crippen LogP) is 1.70. The van der Waals surface area contributed by atoms with Gasteiger partial charge in [-0.25, -0.2) is 4.98 Å².